The molecule has 0 saturated carbocycles. The van der Waals surface area contributed by atoms with Gasteiger partial charge in [-0.25, -0.2) is 9.97 Å². The molecule has 4 rings (SSSR count). The Kier molecular flexibility index (Phi) is 11.1. The Morgan fingerprint density at radius 1 is 0.879 bits per heavy atom. The van der Waals surface area contributed by atoms with Crippen LogP contribution in [0.5, 0.6) is 0 Å². The van der Waals surface area contributed by atoms with E-state index in [2.05, 4.69) is 59.3 Å². The maximum atomic E-state index is 8.71. The Morgan fingerprint density at radius 3 is 1.82 bits per heavy atom. The van der Waals surface area contributed by atoms with Crippen LogP contribution in [0.15, 0.2) is 36.7 Å². The van der Waals surface area contributed by atoms with E-state index in [1.807, 2.05) is 18.2 Å². The molecule has 0 radical (unpaired) electrons. The summed E-state index contributed by atoms with van der Waals surface area (Å²) in [6.07, 6.45) is 4.47. The number of nitrogens with one attached hydrogen (secondary N) is 2. The summed E-state index contributed by atoms with van der Waals surface area (Å²) in [6, 6.07) is 11.9. The van der Waals surface area contributed by atoms with Crippen molar-refractivity contribution < 1.29 is 0 Å². The van der Waals surface area contributed by atoms with Crippen LogP contribution < -0.4 is 15.5 Å². The summed E-state index contributed by atoms with van der Waals surface area (Å²) in [4.78, 5) is 10.3. The first kappa shape index (κ1) is 26.5. The maximum absolute atomic E-state index is 8.71. The molecule has 8 heteroatoms. The lowest BCUT2D eigenvalue weighted by atomic mass is 9.94. The van der Waals surface area contributed by atoms with Crippen LogP contribution in [0.25, 0.3) is 0 Å². The van der Waals surface area contributed by atoms with Gasteiger partial charge in [0.1, 0.15) is 23.1 Å². The van der Waals surface area contributed by atoms with E-state index < -0.39 is 0 Å². The number of rotatable bonds is 1. The first-order valence-corrected chi connectivity index (χ1v) is 11.8. The Hall–Kier alpha value is -2.71. The molecule has 0 aromatic carbocycles. The summed E-state index contributed by atoms with van der Waals surface area (Å²) in [6.45, 7) is 13.3. The zero-order valence-corrected chi connectivity index (χ0v) is 20.7. The van der Waals surface area contributed by atoms with Gasteiger partial charge in [-0.05, 0) is 69.5 Å². The van der Waals surface area contributed by atoms with Crippen molar-refractivity contribution in [2.75, 3.05) is 31.1 Å². The monoisotopic (exact) mass is 467 g/mol. The van der Waals surface area contributed by atoms with E-state index in [1.54, 1.807) is 18.3 Å². The van der Waals surface area contributed by atoms with Gasteiger partial charge in [-0.1, -0.05) is 25.4 Å². The van der Waals surface area contributed by atoms with Crippen molar-refractivity contribution in [3.05, 3.63) is 52.9 Å². The molecule has 33 heavy (non-hydrogen) atoms. The molecule has 2 fully saturated rings. The normalized spacial score (nSPS) is 24.2. The molecule has 176 valence electrons. The smallest absolute Gasteiger partial charge is 0.129 e. The third kappa shape index (κ3) is 9.75. The summed E-state index contributed by atoms with van der Waals surface area (Å²) in [7, 11) is 0. The molecule has 2 aromatic heterocycles. The third-order valence-electron chi connectivity index (χ3n) is 5.41. The molecule has 7 nitrogen and oxygen atoms in total. The highest BCUT2D eigenvalue weighted by molar-refractivity contribution is 6.29. The van der Waals surface area contributed by atoms with Crippen LogP contribution in [0, 0.1) is 34.5 Å². The second-order valence-corrected chi connectivity index (χ2v) is 9.36. The molecule has 2 aliphatic heterocycles. The number of piperazine rings is 1. The topological polar surface area (TPSA) is 101 Å². The standard InChI is InChI=1S/C12H16N4.C7H15N.C6H3ClN2/c1-9-7-16(8-10(2)15-9)12-4-3-11(5-13)6-14-12;1-6-3-7(2)5-8-4-6;7-6-2-1-5(3-8)4-9-6/h3-4,6,9-10,15H,7-8H2,1-2H3;6-8H,3-5H2,1-2H3;1-2,4H. The second-order valence-electron chi connectivity index (χ2n) is 8.98. The first-order chi connectivity index (χ1) is 15.8. The van der Waals surface area contributed by atoms with Crippen molar-refractivity contribution in [3.63, 3.8) is 0 Å². The average molecular weight is 468 g/mol. The lowest BCUT2D eigenvalue weighted by Gasteiger charge is -2.36. The van der Waals surface area contributed by atoms with E-state index in [0.29, 0.717) is 28.4 Å². The number of nitriles is 2. The van der Waals surface area contributed by atoms with Crippen LogP contribution in [0.4, 0.5) is 5.82 Å². The summed E-state index contributed by atoms with van der Waals surface area (Å²) >= 11 is 5.45. The van der Waals surface area contributed by atoms with Crippen LogP contribution in [-0.2, 0) is 0 Å². The number of nitrogens with zero attached hydrogens (tertiary/aromatic N) is 5. The molecule has 4 unspecified atom stereocenters. The van der Waals surface area contributed by atoms with Gasteiger partial charge in [-0.15, -0.1) is 0 Å². The van der Waals surface area contributed by atoms with Gasteiger partial charge in [0.25, 0.3) is 0 Å². The Labute approximate surface area is 202 Å². The fraction of sp³-hybridized carbons (Fsp3) is 0.520. The molecule has 0 amide bonds. The predicted molar refractivity (Wildman–Crippen MR) is 133 cm³/mol. The van der Waals surface area contributed by atoms with Crippen molar-refractivity contribution in [1.82, 2.24) is 20.6 Å². The highest BCUT2D eigenvalue weighted by atomic mass is 35.5. The highest BCUT2D eigenvalue weighted by Crippen LogP contribution is 2.15. The Morgan fingerprint density at radius 2 is 1.42 bits per heavy atom. The van der Waals surface area contributed by atoms with E-state index in [0.717, 1.165) is 30.7 Å². The maximum Gasteiger partial charge on any atom is 0.129 e. The van der Waals surface area contributed by atoms with Crippen molar-refractivity contribution in [2.45, 2.75) is 46.2 Å². The van der Waals surface area contributed by atoms with Crippen LogP contribution in [0.2, 0.25) is 5.15 Å². The van der Waals surface area contributed by atoms with E-state index in [4.69, 9.17) is 22.1 Å². The fourth-order valence-electron chi connectivity index (χ4n) is 4.02. The van der Waals surface area contributed by atoms with E-state index in [-0.39, 0.29) is 0 Å². The van der Waals surface area contributed by atoms with Gasteiger partial charge in [-0.3, -0.25) is 0 Å². The van der Waals surface area contributed by atoms with Crippen LogP contribution in [0.3, 0.4) is 0 Å². The highest BCUT2D eigenvalue weighted by Gasteiger charge is 2.21. The van der Waals surface area contributed by atoms with Gasteiger partial charge in [0, 0.05) is 37.6 Å². The van der Waals surface area contributed by atoms with Gasteiger partial charge in [0.15, 0.2) is 0 Å². The molecular weight excluding hydrogens is 434 g/mol. The van der Waals surface area contributed by atoms with Crippen molar-refractivity contribution in [1.29, 1.82) is 10.5 Å². The van der Waals surface area contributed by atoms with Crippen LogP contribution in [0.1, 0.15) is 45.2 Å². The third-order valence-corrected chi connectivity index (χ3v) is 5.63. The minimum atomic E-state index is 0.411. The summed E-state index contributed by atoms with van der Waals surface area (Å²) < 4.78 is 0. The first-order valence-electron chi connectivity index (χ1n) is 11.4. The van der Waals surface area contributed by atoms with Crippen LogP contribution >= 0.6 is 11.6 Å². The largest absolute Gasteiger partial charge is 0.354 e. The predicted octanol–water partition coefficient (Wildman–Crippen LogP) is 4.00. The number of pyridine rings is 2. The van der Waals surface area contributed by atoms with Crippen molar-refractivity contribution in [2.24, 2.45) is 11.8 Å². The number of hydrogen-bond acceptors (Lipinski definition) is 7. The molecule has 2 aromatic rings. The SMILES string of the molecule is CC1CN(c2ccc(C#N)cn2)CC(C)N1.CC1CNCC(C)C1.N#Cc1ccc(Cl)nc1. The molecule has 2 saturated heterocycles. The average Bonchev–Trinajstić information content (AvgIpc) is 2.80. The Bertz CT molecular complexity index is 900. The Balaban J connectivity index is 0.000000192. The van der Waals surface area contributed by atoms with Crippen molar-refractivity contribution in [3.8, 4) is 12.1 Å². The molecule has 4 atom stereocenters. The number of anilines is 1. The molecule has 0 bridgehead atoms. The number of piperidine rings is 1. The van der Waals surface area contributed by atoms with E-state index in [1.165, 1.54) is 25.7 Å². The van der Waals surface area contributed by atoms with Crippen molar-refractivity contribution >= 4 is 17.4 Å². The summed E-state index contributed by atoms with van der Waals surface area (Å²) in [5.74, 6) is 2.76. The van der Waals surface area contributed by atoms with Gasteiger partial charge >= 0.3 is 0 Å². The number of aromatic nitrogens is 2. The second kappa shape index (κ2) is 13.7. The molecule has 4 heterocycles. The van der Waals surface area contributed by atoms with Crippen LogP contribution in [-0.4, -0.2) is 48.2 Å². The minimum Gasteiger partial charge on any atom is -0.354 e. The minimum absolute atomic E-state index is 0.411. The number of halogens is 1. The van der Waals surface area contributed by atoms with E-state index >= 15 is 0 Å². The quantitative estimate of drug-likeness (QED) is 0.611. The van der Waals surface area contributed by atoms with E-state index in [9.17, 15) is 0 Å². The summed E-state index contributed by atoms with van der Waals surface area (Å²) in [5.41, 5.74) is 1.14. The summed E-state index contributed by atoms with van der Waals surface area (Å²) in [5, 5.41) is 24.3. The lowest BCUT2D eigenvalue weighted by molar-refractivity contribution is 0.321. The molecular formula is C25H34ClN7. The number of hydrogen-bond donors (Lipinski definition) is 2. The molecule has 2 aliphatic rings. The lowest BCUT2D eigenvalue weighted by Crippen LogP contribution is -2.54. The van der Waals surface area contributed by atoms with Gasteiger partial charge in [0.05, 0.1) is 11.1 Å². The molecule has 2 N–H and O–H groups in total. The molecule has 0 aliphatic carbocycles. The zero-order chi connectivity index (χ0) is 24.2. The van der Waals surface area contributed by atoms with Gasteiger partial charge in [-0.2, -0.15) is 10.5 Å². The zero-order valence-electron chi connectivity index (χ0n) is 19.9. The van der Waals surface area contributed by atoms with Gasteiger partial charge < -0.3 is 15.5 Å². The molecule has 0 spiro atoms. The fourth-order valence-corrected chi connectivity index (χ4v) is 4.14. The van der Waals surface area contributed by atoms with Gasteiger partial charge in [0.2, 0.25) is 0 Å².